The molecule has 0 radical (unpaired) electrons. The Labute approximate surface area is 144 Å². The van der Waals surface area contributed by atoms with Gasteiger partial charge in [0.2, 0.25) is 5.13 Å². The van der Waals surface area contributed by atoms with Gasteiger partial charge in [-0.05, 0) is 48.7 Å². The molecule has 2 aromatic carbocycles. The lowest BCUT2D eigenvalue weighted by Gasteiger charge is -2.15. The molecule has 120 valence electrons. The van der Waals surface area contributed by atoms with Gasteiger partial charge >= 0.3 is 0 Å². The fourth-order valence-corrected chi connectivity index (χ4v) is 3.80. The number of methoxy groups -OCH3 is 1. The van der Waals surface area contributed by atoms with E-state index in [1.165, 1.54) is 10.4 Å². The van der Waals surface area contributed by atoms with E-state index in [1.807, 2.05) is 18.2 Å². The van der Waals surface area contributed by atoms with Crippen molar-refractivity contribution in [1.82, 2.24) is 4.98 Å². The Balaban J connectivity index is 1.68. The monoisotopic (exact) mass is 336 g/mol. The smallest absolute Gasteiger partial charge is 0.209 e. The SMILES string of the molecule is COc1ccc2c(c1)CCc1sc(/N=C/c3ccccc3O)nc1-2. The van der Waals surface area contributed by atoms with Gasteiger partial charge in [-0.25, -0.2) is 9.98 Å². The maximum atomic E-state index is 9.81. The number of benzene rings is 2. The molecule has 0 fully saturated rings. The molecule has 0 saturated heterocycles. The van der Waals surface area contributed by atoms with Crippen molar-refractivity contribution in [2.75, 3.05) is 7.11 Å². The van der Waals surface area contributed by atoms with E-state index >= 15 is 0 Å². The van der Waals surface area contributed by atoms with Gasteiger partial charge in [0.15, 0.2) is 0 Å². The minimum atomic E-state index is 0.222. The second kappa shape index (κ2) is 6.09. The van der Waals surface area contributed by atoms with Crippen LogP contribution in [-0.4, -0.2) is 23.4 Å². The summed E-state index contributed by atoms with van der Waals surface area (Å²) in [6.07, 6.45) is 3.62. The molecule has 0 atom stereocenters. The maximum absolute atomic E-state index is 9.81. The van der Waals surface area contributed by atoms with Crippen molar-refractivity contribution in [3.8, 4) is 22.8 Å². The number of ether oxygens (including phenoxy) is 1. The summed E-state index contributed by atoms with van der Waals surface area (Å²) in [5.41, 5.74) is 4.14. The number of aromatic hydroxyl groups is 1. The van der Waals surface area contributed by atoms with Crippen LogP contribution in [-0.2, 0) is 12.8 Å². The highest BCUT2D eigenvalue weighted by Gasteiger charge is 2.21. The van der Waals surface area contributed by atoms with Crippen molar-refractivity contribution in [2.45, 2.75) is 12.8 Å². The van der Waals surface area contributed by atoms with Crippen molar-refractivity contribution < 1.29 is 9.84 Å². The van der Waals surface area contributed by atoms with Crippen LogP contribution in [0.1, 0.15) is 16.0 Å². The van der Waals surface area contributed by atoms with Crippen LogP contribution < -0.4 is 4.74 Å². The van der Waals surface area contributed by atoms with Crippen molar-refractivity contribution in [3.63, 3.8) is 0 Å². The van der Waals surface area contributed by atoms with Crippen molar-refractivity contribution in [1.29, 1.82) is 0 Å². The van der Waals surface area contributed by atoms with E-state index < -0.39 is 0 Å². The first-order valence-corrected chi connectivity index (χ1v) is 8.55. The van der Waals surface area contributed by atoms with Crippen LogP contribution >= 0.6 is 11.3 Å². The number of aromatic nitrogens is 1. The molecule has 0 unspecified atom stereocenters. The van der Waals surface area contributed by atoms with Crippen molar-refractivity contribution >= 4 is 22.7 Å². The highest BCUT2D eigenvalue weighted by molar-refractivity contribution is 7.15. The van der Waals surface area contributed by atoms with Gasteiger partial charge in [-0.2, -0.15) is 0 Å². The number of rotatable bonds is 3. The Bertz CT molecular complexity index is 931. The molecule has 1 aromatic heterocycles. The summed E-state index contributed by atoms with van der Waals surface area (Å²) < 4.78 is 5.31. The Morgan fingerprint density at radius 3 is 2.92 bits per heavy atom. The molecule has 0 spiro atoms. The van der Waals surface area contributed by atoms with E-state index in [1.54, 1.807) is 36.8 Å². The third-order valence-corrected chi connectivity index (χ3v) is 5.15. The molecule has 24 heavy (non-hydrogen) atoms. The molecule has 0 amide bonds. The quantitative estimate of drug-likeness (QED) is 0.723. The second-order valence-corrected chi connectivity index (χ2v) is 6.67. The topological polar surface area (TPSA) is 54.7 Å². The zero-order valence-electron chi connectivity index (χ0n) is 13.2. The van der Waals surface area contributed by atoms with E-state index in [2.05, 4.69) is 17.1 Å². The van der Waals surface area contributed by atoms with Crippen LogP contribution in [0.5, 0.6) is 11.5 Å². The van der Waals surface area contributed by atoms with Crippen LogP contribution in [0, 0.1) is 0 Å². The van der Waals surface area contributed by atoms with Crippen LogP contribution in [0.4, 0.5) is 5.13 Å². The lowest BCUT2D eigenvalue weighted by Crippen LogP contribution is -2.02. The molecule has 0 aliphatic heterocycles. The predicted octanol–water partition coefficient (Wildman–Crippen LogP) is 4.37. The Kier molecular flexibility index (Phi) is 3.78. The molecule has 1 heterocycles. The van der Waals surface area contributed by atoms with Gasteiger partial charge in [-0.3, -0.25) is 0 Å². The fraction of sp³-hybridized carbons (Fsp3) is 0.158. The second-order valence-electron chi connectivity index (χ2n) is 5.61. The molecular formula is C19H16N2O2S. The average molecular weight is 336 g/mol. The standard InChI is InChI=1S/C19H16N2O2S/c1-23-14-7-8-15-12(10-14)6-9-17-18(15)21-19(24-17)20-11-13-4-2-3-5-16(13)22/h2-5,7-8,10-11,22H,6,9H2,1H3/b20-11+. The molecule has 4 nitrogen and oxygen atoms in total. The highest BCUT2D eigenvalue weighted by Crippen LogP contribution is 2.40. The van der Waals surface area contributed by atoms with Gasteiger partial charge in [0.25, 0.3) is 0 Å². The number of hydrogen-bond acceptors (Lipinski definition) is 5. The number of hydrogen-bond donors (Lipinski definition) is 1. The summed E-state index contributed by atoms with van der Waals surface area (Å²) in [6, 6.07) is 13.3. The number of para-hydroxylation sites is 1. The molecule has 1 aliphatic rings. The lowest BCUT2D eigenvalue weighted by atomic mass is 9.93. The first kappa shape index (κ1) is 14.9. The zero-order chi connectivity index (χ0) is 16.5. The first-order chi connectivity index (χ1) is 11.7. The molecule has 1 aliphatic carbocycles. The molecule has 0 saturated carbocycles. The third kappa shape index (κ3) is 2.67. The van der Waals surface area contributed by atoms with Gasteiger partial charge in [-0.1, -0.05) is 23.5 Å². The largest absolute Gasteiger partial charge is 0.507 e. The zero-order valence-corrected chi connectivity index (χ0v) is 14.0. The van der Waals surface area contributed by atoms with Crippen LogP contribution in [0.2, 0.25) is 0 Å². The molecular weight excluding hydrogens is 320 g/mol. The highest BCUT2D eigenvalue weighted by atomic mass is 32.1. The summed E-state index contributed by atoms with van der Waals surface area (Å²) in [5, 5.41) is 10.5. The molecule has 3 aromatic rings. The fourth-order valence-electron chi connectivity index (χ4n) is 2.88. The van der Waals surface area contributed by atoms with Gasteiger partial charge in [0, 0.05) is 22.2 Å². The molecule has 1 N–H and O–H groups in total. The minimum Gasteiger partial charge on any atom is -0.507 e. The van der Waals surface area contributed by atoms with Crippen molar-refractivity contribution in [2.24, 2.45) is 4.99 Å². The van der Waals surface area contributed by atoms with Gasteiger partial charge < -0.3 is 9.84 Å². The number of thiazole rings is 1. The van der Waals surface area contributed by atoms with E-state index in [0.717, 1.165) is 29.8 Å². The van der Waals surface area contributed by atoms with E-state index in [4.69, 9.17) is 9.72 Å². The summed E-state index contributed by atoms with van der Waals surface area (Å²) in [5.74, 6) is 1.10. The van der Waals surface area contributed by atoms with E-state index in [0.29, 0.717) is 10.7 Å². The minimum absolute atomic E-state index is 0.222. The summed E-state index contributed by atoms with van der Waals surface area (Å²) >= 11 is 1.61. The van der Waals surface area contributed by atoms with Gasteiger partial charge in [-0.15, -0.1) is 0 Å². The predicted molar refractivity (Wildman–Crippen MR) is 96.9 cm³/mol. The van der Waals surface area contributed by atoms with Crippen molar-refractivity contribution in [3.05, 3.63) is 58.5 Å². The number of aliphatic imine (C=N–C) groups is 1. The summed E-state index contributed by atoms with van der Waals surface area (Å²) in [7, 11) is 1.69. The molecule has 4 rings (SSSR count). The number of phenolic OH excluding ortho intramolecular Hbond substituents is 1. The van der Waals surface area contributed by atoms with Crippen LogP contribution in [0.15, 0.2) is 47.5 Å². The summed E-state index contributed by atoms with van der Waals surface area (Å²) in [4.78, 5) is 10.4. The average Bonchev–Trinajstić information content (AvgIpc) is 3.04. The number of aryl methyl sites for hydroxylation is 2. The summed E-state index contributed by atoms with van der Waals surface area (Å²) in [6.45, 7) is 0. The normalized spacial score (nSPS) is 12.9. The maximum Gasteiger partial charge on any atom is 0.209 e. The van der Waals surface area contributed by atoms with E-state index in [9.17, 15) is 5.11 Å². The van der Waals surface area contributed by atoms with Crippen LogP contribution in [0.3, 0.4) is 0 Å². The number of nitrogens with zero attached hydrogens (tertiary/aromatic N) is 2. The first-order valence-electron chi connectivity index (χ1n) is 7.73. The van der Waals surface area contributed by atoms with Gasteiger partial charge in [0.1, 0.15) is 11.5 Å². The van der Waals surface area contributed by atoms with Crippen LogP contribution in [0.25, 0.3) is 11.3 Å². The Morgan fingerprint density at radius 2 is 2.08 bits per heavy atom. The van der Waals surface area contributed by atoms with Gasteiger partial charge in [0.05, 0.1) is 12.8 Å². The van der Waals surface area contributed by atoms with E-state index in [-0.39, 0.29) is 5.75 Å². The molecule has 0 bridgehead atoms. The number of phenols is 1. The third-order valence-electron chi connectivity index (χ3n) is 4.13. The molecule has 5 heteroatoms. The Hall–Kier alpha value is -2.66. The lowest BCUT2D eigenvalue weighted by molar-refractivity contribution is 0.414. The Morgan fingerprint density at radius 1 is 1.21 bits per heavy atom. The number of fused-ring (bicyclic) bond motifs is 3.